The van der Waals surface area contributed by atoms with Crippen LogP contribution in [0.3, 0.4) is 0 Å². The van der Waals surface area contributed by atoms with Gasteiger partial charge in [-0.15, -0.1) is 4.83 Å². The summed E-state index contributed by atoms with van der Waals surface area (Å²) in [7, 11) is -9.01. The fraction of sp³-hybridized carbons (Fsp3) is 0. The molecule has 1 aromatic carbocycles. The van der Waals surface area contributed by atoms with Gasteiger partial charge in [-0.1, -0.05) is 11.6 Å². The molecule has 0 aliphatic rings. The molecule has 8 nitrogen and oxygen atoms in total. The smallest absolute Gasteiger partial charge is 0.306 e. The highest BCUT2D eigenvalue weighted by atomic mass is 35.5. The molecule has 0 saturated heterocycles. The Bertz CT molecular complexity index is 626. The Kier molecular flexibility index (Phi) is 3.96. The second-order valence-electron chi connectivity index (χ2n) is 2.82. The molecule has 1 rings (SSSR count). The van der Waals surface area contributed by atoms with Crippen molar-refractivity contribution in [2.45, 2.75) is 4.90 Å². The van der Waals surface area contributed by atoms with Gasteiger partial charge in [0.05, 0.1) is 10.7 Å². The monoisotopic (exact) mass is 302 g/mol. The summed E-state index contributed by atoms with van der Waals surface area (Å²) in [6.45, 7) is 0. The molecule has 0 spiro atoms. The molecule has 4 N–H and O–H groups in total. The molecule has 0 aliphatic carbocycles. The van der Waals surface area contributed by atoms with E-state index in [9.17, 15) is 16.8 Å². The number of rotatable bonds is 4. The summed E-state index contributed by atoms with van der Waals surface area (Å²) in [6, 6.07) is 3.24. The second kappa shape index (κ2) is 4.76. The molecule has 96 valence electrons. The number of hydrogen-bond acceptors (Lipinski definition) is 5. The zero-order valence-electron chi connectivity index (χ0n) is 7.95. The molecular weight excluding hydrogens is 296 g/mol. The van der Waals surface area contributed by atoms with Crippen molar-refractivity contribution >= 4 is 37.7 Å². The quantitative estimate of drug-likeness (QED) is 0.464. The van der Waals surface area contributed by atoms with Crippen molar-refractivity contribution in [3.63, 3.8) is 0 Å². The maximum Gasteiger partial charge on any atom is 0.350 e. The van der Waals surface area contributed by atoms with Crippen molar-refractivity contribution in [2.24, 2.45) is 0 Å². The Morgan fingerprint density at radius 1 is 1.12 bits per heavy atom. The topological polar surface area (TPSA) is 133 Å². The van der Waals surface area contributed by atoms with Gasteiger partial charge in [0.25, 0.3) is 10.1 Å². The van der Waals surface area contributed by atoms with Crippen LogP contribution in [0.15, 0.2) is 23.1 Å². The Morgan fingerprint density at radius 3 is 2.18 bits per heavy atom. The fourth-order valence-electron chi connectivity index (χ4n) is 0.902. The second-order valence-corrected chi connectivity index (χ2v) is 5.77. The van der Waals surface area contributed by atoms with Gasteiger partial charge in [-0.25, -0.2) is 0 Å². The van der Waals surface area contributed by atoms with Gasteiger partial charge in [-0.2, -0.15) is 16.8 Å². The first-order valence-electron chi connectivity index (χ1n) is 3.87. The number of halogens is 1. The lowest BCUT2D eigenvalue weighted by Crippen LogP contribution is -2.28. The van der Waals surface area contributed by atoms with Crippen LogP contribution in [0.5, 0.6) is 0 Å². The highest BCUT2D eigenvalue weighted by molar-refractivity contribution is 7.86. The molecule has 1 aromatic rings. The van der Waals surface area contributed by atoms with Crippen LogP contribution in [-0.2, 0) is 20.4 Å². The zero-order valence-corrected chi connectivity index (χ0v) is 10.3. The molecule has 0 atom stereocenters. The Morgan fingerprint density at radius 2 is 1.71 bits per heavy atom. The predicted octanol–water partition coefficient (Wildman–Crippen LogP) is 0.306. The molecule has 0 radical (unpaired) electrons. The average molecular weight is 303 g/mol. The molecule has 0 saturated carbocycles. The fourth-order valence-corrected chi connectivity index (χ4v) is 2.15. The summed E-state index contributed by atoms with van der Waals surface area (Å²) in [5.74, 6) is 0. The maximum atomic E-state index is 10.9. The van der Waals surface area contributed by atoms with E-state index in [4.69, 9.17) is 20.7 Å². The third-order valence-corrected chi connectivity index (χ3v) is 3.23. The van der Waals surface area contributed by atoms with Gasteiger partial charge < -0.3 is 5.43 Å². The van der Waals surface area contributed by atoms with Crippen molar-refractivity contribution in [1.82, 2.24) is 4.83 Å². The lowest BCUT2D eigenvalue weighted by molar-refractivity contribution is 0.473. The van der Waals surface area contributed by atoms with Gasteiger partial charge >= 0.3 is 10.3 Å². The standard InChI is InChI=1S/C6H7ClN2O6S2/c7-5-2-1-4(8-9-17(13,14)15)3-6(5)16(10,11)12/h1-3,8-9H,(H,10,11,12)(H,13,14,15). The van der Waals surface area contributed by atoms with Gasteiger partial charge in [0, 0.05) is 0 Å². The molecular formula is C6H7ClN2O6S2. The number of hydrazine groups is 1. The zero-order chi connectivity index (χ0) is 13.3. The summed E-state index contributed by atoms with van der Waals surface area (Å²) >= 11 is 5.52. The van der Waals surface area contributed by atoms with Crippen LogP contribution in [-0.4, -0.2) is 25.9 Å². The average Bonchev–Trinajstić information content (AvgIpc) is 2.13. The Hall–Kier alpha value is -0.910. The van der Waals surface area contributed by atoms with E-state index in [0.29, 0.717) is 0 Å². The van der Waals surface area contributed by atoms with Crippen LogP contribution >= 0.6 is 11.6 Å². The first-order valence-corrected chi connectivity index (χ1v) is 7.13. The summed E-state index contributed by atoms with van der Waals surface area (Å²) in [5, 5.41) is -0.232. The molecule has 0 bridgehead atoms. The molecule has 0 amide bonds. The van der Waals surface area contributed by atoms with E-state index < -0.39 is 25.3 Å². The number of hydrogen-bond donors (Lipinski definition) is 4. The normalized spacial score (nSPS) is 12.4. The largest absolute Gasteiger partial charge is 0.350 e. The van der Waals surface area contributed by atoms with Crippen molar-refractivity contribution < 1.29 is 25.9 Å². The van der Waals surface area contributed by atoms with E-state index in [0.717, 1.165) is 12.1 Å². The third-order valence-electron chi connectivity index (χ3n) is 1.53. The van der Waals surface area contributed by atoms with E-state index >= 15 is 0 Å². The summed E-state index contributed by atoms with van der Waals surface area (Å²) in [4.78, 5) is 0.899. The molecule has 11 heteroatoms. The lowest BCUT2D eigenvalue weighted by Gasteiger charge is -2.07. The van der Waals surface area contributed by atoms with Crippen LogP contribution in [0.4, 0.5) is 5.69 Å². The molecule has 0 unspecified atom stereocenters. The van der Waals surface area contributed by atoms with E-state index in [1.807, 2.05) is 5.43 Å². The molecule has 17 heavy (non-hydrogen) atoms. The summed E-state index contributed by atoms with van der Waals surface area (Å²) < 4.78 is 59.6. The van der Waals surface area contributed by atoms with E-state index in [1.54, 1.807) is 0 Å². The minimum absolute atomic E-state index is 0.0420. The van der Waals surface area contributed by atoms with Crippen LogP contribution < -0.4 is 10.3 Å². The van der Waals surface area contributed by atoms with E-state index in [2.05, 4.69) is 0 Å². The predicted molar refractivity (Wildman–Crippen MR) is 59.6 cm³/mol. The van der Waals surface area contributed by atoms with Crippen molar-refractivity contribution in [2.75, 3.05) is 5.43 Å². The van der Waals surface area contributed by atoms with Crippen LogP contribution in [0.25, 0.3) is 0 Å². The molecule has 0 heterocycles. The van der Waals surface area contributed by atoms with Crippen LogP contribution in [0.2, 0.25) is 5.02 Å². The highest BCUT2D eigenvalue weighted by Gasteiger charge is 2.15. The van der Waals surface area contributed by atoms with Crippen molar-refractivity contribution in [3.05, 3.63) is 23.2 Å². The van der Waals surface area contributed by atoms with Gasteiger partial charge in [-0.05, 0) is 18.2 Å². The number of anilines is 1. The Labute approximate surface area is 102 Å². The maximum absolute atomic E-state index is 10.9. The summed E-state index contributed by atoms with van der Waals surface area (Å²) in [5.41, 5.74) is 1.96. The van der Waals surface area contributed by atoms with Crippen LogP contribution in [0.1, 0.15) is 0 Å². The van der Waals surface area contributed by atoms with Gasteiger partial charge in [0.15, 0.2) is 0 Å². The van der Waals surface area contributed by atoms with E-state index in [-0.39, 0.29) is 10.7 Å². The van der Waals surface area contributed by atoms with Gasteiger partial charge in [0.1, 0.15) is 4.90 Å². The SMILES string of the molecule is O=S(=O)(O)NNc1ccc(Cl)c(S(=O)(=O)O)c1. The van der Waals surface area contributed by atoms with Crippen molar-refractivity contribution in [3.8, 4) is 0 Å². The Balaban J connectivity index is 3.06. The first-order chi connectivity index (χ1) is 7.59. The number of nitrogens with one attached hydrogen (secondary N) is 2. The van der Waals surface area contributed by atoms with Gasteiger partial charge in [-0.3, -0.25) is 9.11 Å². The first kappa shape index (κ1) is 14.2. The molecule has 0 aromatic heterocycles. The highest BCUT2D eigenvalue weighted by Crippen LogP contribution is 2.24. The minimum Gasteiger partial charge on any atom is -0.306 e. The number of benzene rings is 1. The summed E-state index contributed by atoms with van der Waals surface area (Å²) in [6.07, 6.45) is 0. The van der Waals surface area contributed by atoms with E-state index in [1.165, 1.54) is 10.9 Å². The third kappa shape index (κ3) is 4.46. The minimum atomic E-state index is -4.52. The lowest BCUT2D eigenvalue weighted by atomic mass is 10.3. The molecule has 0 fully saturated rings. The van der Waals surface area contributed by atoms with Gasteiger partial charge in [0.2, 0.25) is 0 Å². The molecule has 0 aliphatic heterocycles. The van der Waals surface area contributed by atoms with Crippen LogP contribution in [0, 0.1) is 0 Å². The van der Waals surface area contributed by atoms with Crippen molar-refractivity contribution in [1.29, 1.82) is 0 Å².